The first-order valence-corrected chi connectivity index (χ1v) is 11.4. The third-order valence-corrected chi connectivity index (χ3v) is 7.22. The maximum atomic E-state index is 11.6. The van der Waals surface area contributed by atoms with Gasteiger partial charge in [-0.2, -0.15) is 0 Å². The lowest BCUT2D eigenvalue weighted by Gasteiger charge is -2.32. The Kier molecular flexibility index (Phi) is 8.89. The van der Waals surface area contributed by atoms with Crippen LogP contribution < -0.4 is 5.32 Å². The zero-order valence-electron chi connectivity index (χ0n) is 15.7. The maximum absolute atomic E-state index is 11.6. The maximum Gasteiger partial charge on any atom is 0.193 e. The van der Waals surface area contributed by atoms with Crippen molar-refractivity contribution in [3.05, 3.63) is 0 Å². The second-order valence-electron chi connectivity index (χ2n) is 7.40. The predicted molar refractivity (Wildman–Crippen MR) is 115 cm³/mol. The van der Waals surface area contributed by atoms with Gasteiger partial charge in [0, 0.05) is 45.3 Å². The van der Waals surface area contributed by atoms with Crippen molar-refractivity contribution in [2.45, 2.75) is 32.2 Å². The molecule has 9 heteroatoms. The van der Waals surface area contributed by atoms with E-state index in [1.807, 2.05) is 0 Å². The van der Waals surface area contributed by atoms with Crippen LogP contribution in [-0.2, 0) is 14.6 Å². The lowest BCUT2D eigenvalue weighted by atomic mass is 10.1. The number of aliphatic imine (C=N–C) groups is 1. The molecule has 1 N–H and O–H groups in total. The van der Waals surface area contributed by atoms with Crippen LogP contribution in [-0.4, -0.2) is 94.2 Å². The molecule has 3 aliphatic rings. The van der Waals surface area contributed by atoms with E-state index in [1.165, 1.54) is 0 Å². The van der Waals surface area contributed by atoms with Crippen LogP contribution in [0.25, 0.3) is 0 Å². The molecular formula is C17H33IN4O3S. The molecule has 0 bridgehead atoms. The number of nitrogens with zero attached hydrogens (tertiary/aromatic N) is 3. The normalized spacial score (nSPS) is 29.6. The Labute approximate surface area is 174 Å². The Morgan fingerprint density at radius 1 is 1.23 bits per heavy atom. The van der Waals surface area contributed by atoms with Crippen LogP contribution in [0, 0.1) is 5.92 Å². The second kappa shape index (κ2) is 10.4. The summed E-state index contributed by atoms with van der Waals surface area (Å²) in [6, 6.07) is 0.574. The van der Waals surface area contributed by atoms with Crippen LogP contribution in [0.4, 0.5) is 0 Å². The molecule has 3 rings (SSSR count). The Bertz CT molecular complexity index is 566. The van der Waals surface area contributed by atoms with Crippen LogP contribution in [0.3, 0.4) is 0 Å². The number of hydrogen-bond acceptors (Lipinski definition) is 5. The van der Waals surface area contributed by atoms with E-state index in [4.69, 9.17) is 9.73 Å². The first kappa shape index (κ1) is 22.2. The van der Waals surface area contributed by atoms with Gasteiger partial charge in [-0.25, -0.2) is 8.42 Å². The zero-order valence-corrected chi connectivity index (χ0v) is 18.9. The molecule has 26 heavy (non-hydrogen) atoms. The van der Waals surface area contributed by atoms with E-state index in [9.17, 15) is 8.42 Å². The highest BCUT2D eigenvalue weighted by Crippen LogP contribution is 2.20. The van der Waals surface area contributed by atoms with Crippen LogP contribution in [0.15, 0.2) is 4.99 Å². The fraction of sp³-hybridized carbons (Fsp3) is 0.941. The molecule has 3 saturated heterocycles. The van der Waals surface area contributed by atoms with Gasteiger partial charge in [0.2, 0.25) is 0 Å². The second-order valence-corrected chi connectivity index (χ2v) is 9.63. The highest BCUT2D eigenvalue weighted by Gasteiger charge is 2.31. The monoisotopic (exact) mass is 500 g/mol. The van der Waals surface area contributed by atoms with Crippen LogP contribution in [0.2, 0.25) is 0 Å². The topological polar surface area (TPSA) is 74.2 Å². The van der Waals surface area contributed by atoms with Crippen LogP contribution >= 0.6 is 24.0 Å². The largest absolute Gasteiger partial charge is 0.379 e. The van der Waals surface area contributed by atoms with E-state index in [-0.39, 0.29) is 29.9 Å². The van der Waals surface area contributed by atoms with E-state index in [2.05, 4.69) is 22.0 Å². The van der Waals surface area contributed by atoms with Crippen molar-refractivity contribution in [3.63, 3.8) is 0 Å². The summed E-state index contributed by atoms with van der Waals surface area (Å²) in [7, 11) is -2.82. The first-order valence-electron chi connectivity index (χ1n) is 9.63. The molecule has 7 nitrogen and oxygen atoms in total. The first-order chi connectivity index (χ1) is 12.1. The number of guanidine groups is 1. The number of sulfone groups is 1. The molecule has 0 aromatic carbocycles. The van der Waals surface area contributed by atoms with Gasteiger partial charge in [-0.15, -0.1) is 24.0 Å². The van der Waals surface area contributed by atoms with Gasteiger partial charge < -0.3 is 15.0 Å². The molecule has 0 saturated carbocycles. The fourth-order valence-corrected chi connectivity index (χ4v) is 5.76. The summed E-state index contributed by atoms with van der Waals surface area (Å²) in [6.45, 7) is 9.39. The van der Waals surface area contributed by atoms with Crippen molar-refractivity contribution in [3.8, 4) is 0 Å². The van der Waals surface area contributed by atoms with Crippen molar-refractivity contribution in [1.82, 2.24) is 15.1 Å². The van der Waals surface area contributed by atoms with Crippen LogP contribution in [0.1, 0.15) is 26.2 Å². The predicted octanol–water partition coefficient (Wildman–Crippen LogP) is 0.801. The quantitative estimate of drug-likeness (QED) is 0.342. The molecule has 2 unspecified atom stereocenters. The fourth-order valence-electron chi connectivity index (χ4n) is 3.91. The average Bonchev–Trinajstić information content (AvgIpc) is 3.22. The standard InChI is InChI=1S/C17H32N4O3S.HI/c1-2-5-18-17(19-12-15-4-11-25(22,23)14-15)21-6-3-16(13-21)20-7-9-24-10-8-20;/h15-16H,2-14H2,1H3,(H,18,19);1H. The van der Waals surface area contributed by atoms with Gasteiger partial charge in [-0.1, -0.05) is 6.92 Å². The van der Waals surface area contributed by atoms with Gasteiger partial charge in [0.15, 0.2) is 15.8 Å². The van der Waals surface area contributed by atoms with E-state index in [1.54, 1.807) is 0 Å². The molecule has 0 radical (unpaired) electrons. The minimum atomic E-state index is -2.82. The number of morpholine rings is 1. The summed E-state index contributed by atoms with van der Waals surface area (Å²) < 4.78 is 28.7. The van der Waals surface area contributed by atoms with E-state index in [0.717, 1.165) is 71.2 Å². The van der Waals surface area contributed by atoms with Gasteiger partial charge in [0.05, 0.1) is 24.7 Å². The minimum absolute atomic E-state index is 0. The molecule has 0 aliphatic carbocycles. The number of nitrogens with one attached hydrogen (secondary N) is 1. The SMILES string of the molecule is CCCNC(=NCC1CCS(=O)(=O)C1)N1CCC(N2CCOCC2)C1.I. The molecule has 3 heterocycles. The van der Waals surface area contributed by atoms with E-state index < -0.39 is 9.84 Å². The number of likely N-dealkylation sites (tertiary alicyclic amines) is 1. The molecular weight excluding hydrogens is 467 g/mol. The highest BCUT2D eigenvalue weighted by atomic mass is 127. The summed E-state index contributed by atoms with van der Waals surface area (Å²) in [4.78, 5) is 9.67. The van der Waals surface area contributed by atoms with Gasteiger partial charge in [0.1, 0.15) is 0 Å². The average molecular weight is 500 g/mol. The smallest absolute Gasteiger partial charge is 0.193 e. The van der Waals surface area contributed by atoms with Gasteiger partial charge >= 0.3 is 0 Å². The molecule has 2 atom stereocenters. The summed E-state index contributed by atoms with van der Waals surface area (Å²) in [6.07, 6.45) is 2.96. The summed E-state index contributed by atoms with van der Waals surface area (Å²) >= 11 is 0. The van der Waals surface area contributed by atoms with E-state index in [0.29, 0.717) is 24.1 Å². The molecule has 3 fully saturated rings. The lowest BCUT2D eigenvalue weighted by Crippen LogP contribution is -2.47. The van der Waals surface area contributed by atoms with Gasteiger partial charge in [-0.3, -0.25) is 9.89 Å². The van der Waals surface area contributed by atoms with Crippen molar-refractivity contribution in [1.29, 1.82) is 0 Å². The third-order valence-electron chi connectivity index (χ3n) is 5.38. The minimum Gasteiger partial charge on any atom is -0.379 e. The van der Waals surface area contributed by atoms with Gasteiger partial charge in [-0.05, 0) is 25.2 Å². The molecule has 152 valence electrons. The molecule has 0 aromatic rings. The number of ether oxygens (including phenoxy) is 1. The van der Waals surface area contributed by atoms with Crippen LogP contribution in [0.5, 0.6) is 0 Å². The van der Waals surface area contributed by atoms with Crippen molar-refractivity contribution >= 4 is 39.8 Å². The summed E-state index contributed by atoms with van der Waals surface area (Å²) in [5, 5.41) is 3.46. The van der Waals surface area contributed by atoms with Crippen molar-refractivity contribution in [2.24, 2.45) is 10.9 Å². The molecule has 3 aliphatic heterocycles. The molecule has 0 aromatic heterocycles. The number of halogens is 1. The highest BCUT2D eigenvalue weighted by molar-refractivity contribution is 14.0. The Morgan fingerprint density at radius 3 is 2.65 bits per heavy atom. The van der Waals surface area contributed by atoms with Crippen molar-refractivity contribution in [2.75, 3.05) is 64.0 Å². The number of rotatable bonds is 5. The van der Waals surface area contributed by atoms with Gasteiger partial charge in [0.25, 0.3) is 0 Å². The summed E-state index contributed by atoms with van der Waals surface area (Å²) in [5.74, 6) is 1.77. The molecule has 0 spiro atoms. The Hall–Kier alpha value is -0.130. The van der Waals surface area contributed by atoms with E-state index >= 15 is 0 Å². The number of hydrogen-bond donors (Lipinski definition) is 1. The lowest BCUT2D eigenvalue weighted by molar-refractivity contribution is 0.0195. The zero-order chi connectivity index (χ0) is 17.7. The molecule has 0 amide bonds. The van der Waals surface area contributed by atoms with Crippen molar-refractivity contribution < 1.29 is 13.2 Å². The summed E-state index contributed by atoms with van der Waals surface area (Å²) in [5.41, 5.74) is 0. The Balaban J connectivity index is 0.00000243. The Morgan fingerprint density at radius 2 is 2.00 bits per heavy atom. The third kappa shape index (κ3) is 6.20.